The molecule has 7 heteroatoms. The average molecular weight is 271 g/mol. The highest BCUT2D eigenvalue weighted by molar-refractivity contribution is 5.81. The second-order valence-corrected chi connectivity index (χ2v) is 4.16. The topological polar surface area (TPSA) is 57.8 Å². The van der Waals surface area contributed by atoms with Gasteiger partial charge in [-0.3, -0.25) is 4.79 Å². The van der Waals surface area contributed by atoms with E-state index in [1.165, 1.54) is 12.1 Å². The Morgan fingerprint density at radius 1 is 1.37 bits per heavy atom. The van der Waals surface area contributed by atoms with Crippen LogP contribution in [0.4, 0.5) is 13.2 Å². The van der Waals surface area contributed by atoms with E-state index in [1.807, 2.05) is 0 Å². The number of benzene rings is 1. The lowest BCUT2D eigenvalue weighted by Gasteiger charge is -2.13. The fourth-order valence-electron chi connectivity index (χ4n) is 1.75. The number of alkyl halides is 3. The molecule has 0 aliphatic carbocycles. The minimum absolute atomic E-state index is 0.0677. The largest absolute Gasteiger partial charge is 0.418 e. The molecule has 0 aliphatic rings. The van der Waals surface area contributed by atoms with Crippen LogP contribution in [0.3, 0.4) is 0 Å². The van der Waals surface area contributed by atoms with Gasteiger partial charge in [-0.15, -0.1) is 0 Å². The van der Waals surface area contributed by atoms with Crippen molar-refractivity contribution in [3.63, 3.8) is 0 Å². The highest BCUT2D eigenvalue weighted by Crippen LogP contribution is 2.33. The van der Waals surface area contributed by atoms with Crippen molar-refractivity contribution in [1.82, 2.24) is 15.3 Å². The average Bonchev–Trinajstić information content (AvgIpc) is 2.35. The zero-order valence-electron chi connectivity index (χ0n) is 10.3. The third-order valence-electron chi connectivity index (χ3n) is 2.90. The molecule has 0 fully saturated rings. The van der Waals surface area contributed by atoms with Crippen LogP contribution in [0.1, 0.15) is 24.4 Å². The SMILES string of the molecule is CNC(C)c1nc2c(C(F)(F)F)cccc2c(=O)[nH]1. The van der Waals surface area contributed by atoms with E-state index in [0.717, 1.165) is 6.07 Å². The van der Waals surface area contributed by atoms with Gasteiger partial charge in [-0.1, -0.05) is 6.07 Å². The molecule has 4 nitrogen and oxygen atoms in total. The van der Waals surface area contributed by atoms with Crippen molar-refractivity contribution in [2.45, 2.75) is 19.1 Å². The molecule has 102 valence electrons. The van der Waals surface area contributed by atoms with Gasteiger partial charge < -0.3 is 10.3 Å². The molecule has 0 saturated carbocycles. The van der Waals surface area contributed by atoms with Crippen molar-refractivity contribution in [2.75, 3.05) is 7.05 Å². The lowest BCUT2D eigenvalue weighted by molar-refractivity contribution is -0.136. The molecule has 1 heterocycles. The maximum atomic E-state index is 12.9. The first kappa shape index (κ1) is 13.5. The summed E-state index contributed by atoms with van der Waals surface area (Å²) in [4.78, 5) is 18.2. The standard InChI is InChI=1S/C12H12F3N3O/c1-6(16-2)10-17-9-7(11(19)18-10)4-3-5-8(9)12(13,14)15/h3-6,16H,1-2H3,(H,17,18,19). The van der Waals surface area contributed by atoms with Crippen molar-refractivity contribution in [2.24, 2.45) is 0 Å². The minimum Gasteiger partial charge on any atom is -0.311 e. The molecular formula is C12H12F3N3O. The molecule has 0 spiro atoms. The molecule has 0 aliphatic heterocycles. The highest BCUT2D eigenvalue weighted by atomic mass is 19.4. The molecule has 1 atom stereocenters. The van der Waals surface area contributed by atoms with Crippen LogP contribution in [0.5, 0.6) is 0 Å². The smallest absolute Gasteiger partial charge is 0.311 e. The molecule has 0 saturated heterocycles. The third-order valence-corrected chi connectivity index (χ3v) is 2.90. The van der Waals surface area contributed by atoms with E-state index < -0.39 is 17.3 Å². The Morgan fingerprint density at radius 2 is 2.05 bits per heavy atom. The Morgan fingerprint density at radius 3 is 2.63 bits per heavy atom. The zero-order chi connectivity index (χ0) is 14.2. The summed E-state index contributed by atoms with van der Waals surface area (Å²) in [5.74, 6) is 0.178. The number of H-pyrrole nitrogens is 1. The quantitative estimate of drug-likeness (QED) is 0.880. The summed E-state index contributed by atoms with van der Waals surface area (Å²) in [5.41, 5.74) is -1.80. The molecular weight excluding hydrogens is 259 g/mol. The van der Waals surface area contributed by atoms with Gasteiger partial charge in [0.1, 0.15) is 5.82 Å². The number of aromatic amines is 1. The van der Waals surface area contributed by atoms with E-state index in [0.29, 0.717) is 0 Å². The van der Waals surface area contributed by atoms with Gasteiger partial charge in [0.25, 0.3) is 5.56 Å². The molecule has 2 rings (SSSR count). The fourth-order valence-corrected chi connectivity index (χ4v) is 1.75. The van der Waals surface area contributed by atoms with E-state index >= 15 is 0 Å². The molecule has 19 heavy (non-hydrogen) atoms. The predicted molar refractivity (Wildman–Crippen MR) is 64.8 cm³/mol. The number of nitrogens with zero attached hydrogens (tertiary/aromatic N) is 1. The van der Waals surface area contributed by atoms with Gasteiger partial charge in [-0.2, -0.15) is 13.2 Å². The molecule has 2 aromatic rings. The third kappa shape index (κ3) is 2.46. The number of para-hydroxylation sites is 1. The van der Waals surface area contributed by atoms with Gasteiger partial charge in [0.15, 0.2) is 0 Å². The highest BCUT2D eigenvalue weighted by Gasteiger charge is 2.33. The van der Waals surface area contributed by atoms with E-state index in [4.69, 9.17) is 0 Å². The molecule has 0 amide bonds. The Balaban J connectivity index is 2.80. The molecule has 1 unspecified atom stereocenters. The van der Waals surface area contributed by atoms with Gasteiger partial charge in [0, 0.05) is 0 Å². The van der Waals surface area contributed by atoms with Crippen molar-refractivity contribution in [1.29, 1.82) is 0 Å². The van der Waals surface area contributed by atoms with Gasteiger partial charge in [0.2, 0.25) is 0 Å². The normalized spacial score (nSPS) is 13.7. The van der Waals surface area contributed by atoms with Gasteiger partial charge in [-0.05, 0) is 26.1 Å². The summed E-state index contributed by atoms with van der Waals surface area (Å²) in [5, 5.41) is 2.75. The summed E-state index contributed by atoms with van der Waals surface area (Å²) in [6.45, 7) is 1.69. The first-order chi connectivity index (χ1) is 8.84. The second-order valence-electron chi connectivity index (χ2n) is 4.16. The van der Waals surface area contributed by atoms with Crippen molar-refractivity contribution in [3.8, 4) is 0 Å². The van der Waals surface area contributed by atoms with Crippen LogP contribution in [0.15, 0.2) is 23.0 Å². The Labute approximate surface area is 106 Å². The van der Waals surface area contributed by atoms with Gasteiger partial charge >= 0.3 is 6.18 Å². The summed E-state index contributed by atoms with van der Waals surface area (Å²) in [7, 11) is 1.63. The van der Waals surface area contributed by atoms with Gasteiger partial charge in [0.05, 0.1) is 22.5 Å². The summed E-state index contributed by atoms with van der Waals surface area (Å²) in [6.07, 6.45) is -4.54. The van der Waals surface area contributed by atoms with Crippen LogP contribution in [-0.4, -0.2) is 17.0 Å². The molecule has 2 N–H and O–H groups in total. The zero-order valence-corrected chi connectivity index (χ0v) is 10.3. The number of halogens is 3. The van der Waals surface area contributed by atoms with Crippen LogP contribution in [0, 0.1) is 0 Å². The fraction of sp³-hybridized carbons (Fsp3) is 0.333. The second kappa shape index (κ2) is 4.65. The van der Waals surface area contributed by atoms with E-state index in [-0.39, 0.29) is 22.8 Å². The van der Waals surface area contributed by atoms with Crippen LogP contribution >= 0.6 is 0 Å². The van der Waals surface area contributed by atoms with Crippen LogP contribution in [-0.2, 0) is 6.18 Å². The number of hydrogen-bond acceptors (Lipinski definition) is 3. The van der Waals surface area contributed by atoms with Crippen molar-refractivity contribution < 1.29 is 13.2 Å². The first-order valence-corrected chi connectivity index (χ1v) is 5.62. The molecule has 1 aromatic heterocycles. The number of rotatable bonds is 2. The number of nitrogens with one attached hydrogen (secondary N) is 2. The molecule has 0 bridgehead atoms. The molecule has 0 radical (unpaired) electrons. The lowest BCUT2D eigenvalue weighted by atomic mass is 10.1. The van der Waals surface area contributed by atoms with Crippen molar-refractivity contribution >= 4 is 10.9 Å². The minimum atomic E-state index is -4.54. The summed E-state index contributed by atoms with van der Waals surface area (Å²) < 4.78 is 38.7. The van der Waals surface area contributed by atoms with Crippen LogP contribution in [0.25, 0.3) is 10.9 Å². The maximum absolute atomic E-state index is 12.9. The summed E-state index contributed by atoms with van der Waals surface area (Å²) >= 11 is 0. The maximum Gasteiger partial charge on any atom is 0.418 e. The van der Waals surface area contributed by atoms with E-state index in [9.17, 15) is 18.0 Å². The van der Waals surface area contributed by atoms with E-state index in [2.05, 4.69) is 15.3 Å². The lowest BCUT2D eigenvalue weighted by Crippen LogP contribution is -2.21. The Hall–Kier alpha value is -1.89. The number of aromatic nitrogens is 2. The molecule has 1 aromatic carbocycles. The van der Waals surface area contributed by atoms with E-state index in [1.54, 1.807) is 14.0 Å². The van der Waals surface area contributed by atoms with Crippen LogP contribution < -0.4 is 10.9 Å². The Bertz CT molecular complexity index is 663. The van der Waals surface area contributed by atoms with Gasteiger partial charge in [-0.25, -0.2) is 4.98 Å². The number of hydrogen-bond donors (Lipinski definition) is 2. The van der Waals surface area contributed by atoms with Crippen LogP contribution in [0.2, 0.25) is 0 Å². The van der Waals surface area contributed by atoms with Crippen molar-refractivity contribution in [3.05, 3.63) is 39.9 Å². The number of fused-ring (bicyclic) bond motifs is 1. The summed E-state index contributed by atoms with van der Waals surface area (Å²) in [6, 6.07) is 3.09. The predicted octanol–water partition coefficient (Wildman–Crippen LogP) is 2.22. The monoisotopic (exact) mass is 271 g/mol. The Kier molecular flexibility index (Phi) is 3.32. The first-order valence-electron chi connectivity index (χ1n) is 5.62.